The van der Waals surface area contributed by atoms with Crippen molar-refractivity contribution in [2.75, 3.05) is 13.2 Å². The number of aromatic amines is 1. The Morgan fingerprint density at radius 3 is 2.91 bits per heavy atom. The Morgan fingerprint density at radius 2 is 2.23 bits per heavy atom. The topological polar surface area (TPSA) is 104 Å². The van der Waals surface area contributed by atoms with Crippen LogP contribution in [0.2, 0.25) is 0 Å². The van der Waals surface area contributed by atoms with Crippen LogP contribution < -0.4 is 5.69 Å². The van der Waals surface area contributed by atoms with E-state index in [0.717, 1.165) is 17.5 Å². The SMILES string of the molecule is Cn1nc(COC(=O)c2ccn(C3CCOCC3)n2)[nH]c1=O. The number of H-pyrrole nitrogens is 1. The first-order chi connectivity index (χ1) is 10.6. The molecule has 0 amide bonds. The summed E-state index contributed by atoms with van der Waals surface area (Å²) in [5, 5.41) is 8.14. The summed E-state index contributed by atoms with van der Waals surface area (Å²) in [7, 11) is 1.51. The second-order valence-electron chi connectivity index (χ2n) is 5.10. The molecule has 0 atom stereocenters. The summed E-state index contributed by atoms with van der Waals surface area (Å²) in [5.74, 6) is -0.248. The third-order valence-corrected chi connectivity index (χ3v) is 3.54. The number of hydrogen-bond acceptors (Lipinski definition) is 6. The molecule has 9 nitrogen and oxygen atoms in total. The largest absolute Gasteiger partial charge is 0.453 e. The molecule has 9 heteroatoms. The Kier molecular flexibility index (Phi) is 4.05. The second-order valence-corrected chi connectivity index (χ2v) is 5.10. The van der Waals surface area contributed by atoms with E-state index < -0.39 is 5.97 Å². The number of esters is 1. The van der Waals surface area contributed by atoms with Crippen LogP contribution in [0, 0.1) is 0 Å². The van der Waals surface area contributed by atoms with Gasteiger partial charge in [0, 0.05) is 26.5 Å². The summed E-state index contributed by atoms with van der Waals surface area (Å²) in [4.78, 5) is 25.7. The second kappa shape index (κ2) is 6.14. The lowest BCUT2D eigenvalue weighted by Gasteiger charge is -2.22. The molecule has 0 aliphatic carbocycles. The zero-order valence-corrected chi connectivity index (χ0v) is 12.2. The first-order valence-corrected chi connectivity index (χ1v) is 7.05. The average Bonchev–Trinajstić information content (AvgIpc) is 3.14. The number of carbonyl (C=O) groups is 1. The van der Waals surface area contributed by atoms with Crippen LogP contribution in [0.25, 0.3) is 0 Å². The molecule has 0 saturated carbocycles. The number of aryl methyl sites for hydroxylation is 1. The van der Waals surface area contributed by atoms with Gasteiger partial charge in [-0.05, 0) is 18.9 Å². The lowest BCUT2D eigenvalue weighted by atomic mass is 10.1. The molecule has 2 aromatic heterocycles. The Balaban J connectivity index is 1.60. The highest BCUT2D eigenvalue weighted by Gasteiger charge is 2.19. The zero-order chi connectivity index (χ0) is 15.5. The van der Waals surface area contributed by atoms with E-state index in [2.05, 4.69) is 15.2 Å². The van der Waals surface area contributed by atoms with Crippen LogP contribution in [0.1, 0.15) is 35.2 Å². The minimum Gasteiger partial charge on any atom is -0.453 e. The highest BCUT2D eigenvalue weighted by molar-refractivity contribution is 5.86. The standard InChI is InChI=1S/C13H17N5O4/c1-17-13(20)14-11(16-17)8-22-12(19)10-2-5-18(15-10)9-3-6-21-7-4-9/h2,5,9H,3-4,6-8H2,1H3,(H,14,16,20). The molecule has 3 rings (SSSR count). The number of hydrogen-bond donors (Lipinski definition) is 1. The van der Waals surface area contributed by atoms with Gasteiger partial charge < -0.3 is 9.47 Å². The van der Waals surface area contributed by atoms with E-state index in [9.17, 15) is 9.59 Å². The fourth-order valence-electron chi connectivity index (χ4n) is 2.33. The van der Waals surface area contributed by atoms with Crippen LogP contribution in [-0.2, 0) is 23.1 Å². The van der Waals surface area contributed by atoms with Crippen molar-refractivity contribution in [1.29, 1.82) is 0 Å². The van der Waals surface area contributed by atoms with Crippen LogP contribution in [0.3, 0.4) is 0 Å². The van der Waals surface area contributed by atoms with Gasteiger partial charge in [0.15, 0.2) is 18.1 Å². The van der Waals surface area contributed by atoms with Crippen molar-refractivity contribution in [2.45, 2.75) is 25.5 Å². The predicted octanol–water partition coefficient (Wildman–Crippen LogP) is 0.0134. The molecule has 0 spiro atoms. The maximum absolute atomic E-state index is 12.0. The van der Waals surface area contributed by atoms with E-state index in [1.54, 1.807) is 16.9 Å². The Hall–Kier alpha value is -2.42. The van der Waals surface area contributed by atoms with Crippen molar-refractivity contribution >= 4 is 5.97 Å². The van der Waals surface area contributed by atoms with Crippen molar-refractivity contribution in [3.63, 3.8) is 0 Å². The number of rotatable bonds is 4. The molecule has 1 saturated heterocycles. The molecular weight excluding hydrogens is 290 g/mol. The normalized spacial score (nSPS) is 15.9. The Labute approximate surface area is 125 Å². The summed E-state index contributed by atoms with van der Waals surface area (Å²) >= 11 is 0. The number of nitrogens with zero attached hydrogens (tertiary/aromatic N) is 4. The summed E-state index contributed by atoms with van der Waals surface area (Å²) < 4.78 is 13.3. The molecule has 1 fully saturated rings. The van der Waals surface area contributed by atoms with Gasteiger partial charge in [0.1, 0.15) is 0 Å². The molecule has 1 aliphatic heterocycles. The molecule has 0 radical (unpaired) electrons. The van der Waals surface area contributed by atoms with Gasteiger partial charge in [0.05, 0.1) is 6.04 Å². The molecule has 1 N–H and O–H groups in total. The molecule has 118 valence electrons. The van der Waals surface area contributed by atoms with Gasteiger partial charge >= 0.3 is 11.7 Å². The van der Waals surface area contributed by atoms with E-state index in [1.807, 2.05) is 0 Å². The minimum absolute atomic E-state index is 0.0982. The van der Waals surface area contributed by atoms with Gasteiger partial charge in [-0.15, -0.1) is 0 Å². The van der Waals surface area contributed by atoms with Gasteiger partial charge in [-0.2, -0.15) is 10.2 Å². The van der Waals surface area contributed by atoms with Gasteiger partial charge in [-0.1, -0.05) is 0 Å². The minimum atomic E-state index is -0.544. The van der Waals surface area contributed by atoms with Gasteiger partial charge in [0.2, 0.25) is 0 Å². The molecule has 0 bridgehead atoms. The average molecular weight is 307 g/mol. The first kappa shape index (κ1) is 14.5. The van der Waals surface area contributed by atoms with Crippen LogP contribution in [0.5, 0.6) is 0 Å². The van der Waals surface area contributed by atoms with Gasteiger partial charge in [0.25, 0.3) is 0 Å². The number of nitrogens with one attached hydrogen (secondary N) is 1. The van der Waals surface area contributed by atoms with Crippen molar-refractivity contribution in [1.82, 2.24) is 24.5 Å². The van der Waals surface area contributed by atoms with Gasteiger partial charge in [-0.3, -0.25) is 9.67 Å². The quantitative estimate of drug-likeness (QED) is 0.798. The van der Waals surface area contributed by atoms with E-state index in [-0.39, 0.29) is 24.0 Å². The van der Waals surface area contributed by atoms with E-state index >= 15 is 0 Å². The lowest BCUT2D eigenvalue weighted by Crippen LogP contribution is -2.20. The zero-order valence-electron chi connectivity index (χ0n) is 12.2. The maximum atomic E-state index is 12.0. The molecule has 2 aromatic rings. The molecule has 22 heavy (non-hydrogen) atoms. The number of carbonyl (C=O) groups excluding carboxylic acids is 1. The van der Waals surface area contributed by atoms with Gasteiger partial charge in [-0.25, -0.2) is 14.3 Å². The molecule has 1 aliphatic rings. The summed E-state index contributed by atoms with van der Waals surface area (Å²) in [5.41, 5.74) is -0.111. The van der Waals surface area contributed by atoms with Crippen LogP contribution in [0.4, 0.5) is 0 Å². The van der Waals surface area contributed by atoms with E-state index in [4.69, 9.17) is 9.47 Å². The number of ether oxygens (including phenoxy) is 2. The monoisotopic (exact) mass is 307 g/mol. The Morgan fingerprint density at radius 1 is 1.45 bits per heavy atom. The van der Waals surface area contributed by atoms with E-state index in [1.165, 1.54) is 7.05 Å². The van der Waals surface area contributed by atoms with Crippen molar-refractivity contribution in [2.24, 2.45) is 7.05 Å². The van der Waals surface area contributed by atoms with Crippen LogP contribution in [-0.4, -0.2) is 43.7 Å². The number of aromatic nitrogens is 5. The lowest BCUT2D eigenvalue weighted by molar-refractivity contribution is 0.0450. The Bertz CT molecular complexity index is 710. The highest BCUT2D eigenvalue weighted by atomic mass is 16.5. The fraction of sp³-hybridized carbons (Fsp3) is 0.538. The predicted molar refractivity (Wildman–Crippen MR) is 74.3 cm³/mol. The van der Waals surface area contributed by atoms with E-state index in [0.29, 0.717) is 19.0 Å². The van der Waals surface area contributed by atoms with Crippen LogP contribution in [0.15, 0.2) is 17.1 Å². The summed E-state index contributed by atoms with van der Waals surface area (Å²) in [6.07, 6.45) is 3.53. The third-order valence-electron chi connectivity index (χ3n) is 3.54. The van der Waals surface area contributed by atoms with Crippen LogP contribution >= 0.6 is 0 Å². The molecule has 0 unspecified atom stereocenters. The third kappa shape index (κ3) is 3.08. The highest BCUT2D eigenvalue weighted by Crippen LogP contribution is 2.20. The van der Waals surface area contributed by atoms with Crippen molar-refractivity contribution in [3.8, 4) is 0 Å². The van der Waals surface area contributed by atoms with Crippen molar-refractivity contribution in [3.05, 3.63) is 34.3 Å². The first-order valence-electron chi connectivity index (χ1n) is 7.05. The maximum Gasteiger partial charge on any atom is 0.359 e. The smallest absolute Gasteiger partial charge is 0.359 e. The fourth-order valence-corrected chi connectivity index (χ4v) is 2.33. The molecule has 3 heterocycles. The van der Waals surface area contributed by atoms with Crippen molar-refractivity contribution < 1.29 is 14.3 Å². The summed E-state index contributed by atoms with van der Waals surface area (Å²) in [6.45, 7) is 1.31. The molecule has 0 aromatic carbocycles. The summed E-state index contributed by atoms with van der Waals surface area (Å²) in [6, 6.07) is 1.88. The molecular formula is C13H17N5O4.